The fourth-order valence-electron chi connectivity index (χ4n) is 2.37. The molecule has 1 unspecified atom stereocenters. The molecule has 2 N–H and O–H groups in total. The summed E-state index contributed by atoms with van der Waals surface area (Å²) >= 11 is 0. The molecule has 0 aliphatic heterocycles. The van der Waals surface area contributed by atoms with Gasteiger partial charge in [0, 0.05) is 12.4 Å². The third-order valence-electron chi connectivity index (χ3n) is 3.41. The maximum absolute atomic E-state index is 12.0. The molecule has 1 aromatic heterocycles. The number of aliphatic carboxylic acids is 1. The Hall–Kier alpha value is -2.78. The summed E-state index contributed by atoms with van der Waals surface area (Å²) in [6.07, 6.45) is 4.62. The van der Waals surface area contributed by atoms with Crippen LogP contribution in [0.15, 0.2) is 79.3 Å². The van der Waals surface area contributed by atoms with Crippen molar-refractivity contribution in [3.63, 3.8) is 0 Å². The van der Waals surface area contributed by atoms with Crippen molar-refractivity contribution < 1.29 is 9.90 Å². The second-order valence-corrected chi connectivity index (χ2v) is 7.31. The molecule has 0 saturated heterocycles. The highest BCUT2D eigenvalue weighted by Gasteiger charge is 2.30. The molecule has 0 bridgehead atoms. The van der Waals surface area contributed by atoms with Crippen LogP contribution in [0.25, 0.3) is 0 Å². The lowest BCUT2D eigenvalue weighted by Crippen LogP contribution is -2.34. The number of nitrogens with zero attached hydrogens (tertiary/aromatic N) is 2. The van der Waals surface area contributed by atoms with Crippen molar-refractivity contribution in [1.29, 1.82) is 0 Å². The van der Waals surface area contributed by atoms with E-state index >= 15 is 0 Å². The molecule has 1 atom stereocenters. The lowest BCUT2D eigenvalue weighted by Gasteiger charge is -2.26. The quantitative estimate of drug-likeness (QED) is 0.676. The molecule has 6 heteroatoms. The lowest BCUT2D eigenvalue weighted by molar-refractivity contribution is -0.135. The maximum atomic E-state index is 12.0. The van der Waals surface area contributed by atoms with Crippen LogP contribution < -0.4 is 15.9 Å². The molecule has 2 aromatic carbocycles. The molecule has 0 saturated carbocycles. The SMILES string of the molecule is O=C(O)C(Nc1cnccn1)P(c1ccccc1)c1ccccc1. The van der Waals surface area contributed by atoms with E-state index in [1.165, 1.54) is 12.4 Å². The van der Waals surface area contributed by atoms with Crippen LogP contribution in [-0.2, 0) is 4.79 Å². The van der Waals surface area contributed by atoms with Gasteiger partial charge >= 0.3 is 5.97 Å². The summed E-state index contributed by atoms with van der Waals surface area (Å²) in [6.45, 7) is 0. The summed E-state index contributed by atoms with van der Waals surface area (Å²) in [5.74, 6) is -1.27. The fourth-order valence-corrected chi connectivity index (χ4v) is 4.74. The molecule has 3 aromatic rings. The smallest absolute Gasteiger partial charge is 0.331 e. The maximum Gasteiger partial charge on any atom is 0.331 e. The van der Waals surface area contributed by atoms with Crippen LogP contribution in [0.4, 0.5) is 5.82 Å². The number of nitrogens with one attached hydrogen (secondary N) is 1. The number of benzene rings is 2. The fraction of sp³-hybridized carbons (Fsp3) is 0.0556. The van der Waals surface area contributed by atoms with E-state index in [0.29, 0.717) is 5.82 Å². The van der Waals surface area contributed by atoms with Gasteiger partial charge in [-0.1, -0.05) is 60.7 Å². The van der Waals surface area contributed by atoms with Crippen LogP contribution in [0.2, 0.25) is 0 Å². The predicted molar refractivity (Wildman–Crippen MR) is 96.2 cm³/mol. The minimum absolute atomic E-state index is 0.448. The van der Waals surface area contributed by atoms with Crippen LogP contribution in [0.3, 0.4) is 0 Å². The Morgan fingerprint density at radius 3 is 2.00 bits per heavy atom. The van der Waals surface area contributed by atoms with Crippen LogP contribution in [0.5, 0.6) is 0 Å². The number of hydrogen-bond acceptors (Lipinski definition) is 4. The van der Waals surface area contributed by atoms with Crippen LogP contribution in [0.1, 0.15) is 0 Å². The second-order valence-electron chi connectivity index (χ2n) is 5.02. The second kappa shape index (κ2) is 7.66. The Labute approximate surface area is 141 Å². The topological polar surface area (TPSA) is 75.1 Å². The van der Waals surface area contributed by atoms with E-state index in [1.54, 1.807) is 6.20 Å². The molecule has 0 radical (unpaired) electrons. The van der Waals surface area contributed by atoms with Crippen molar-refractivity contribution in [1.82, 2.24) is 9.97 Å². The zero-order valence-corrected chi connectivity index (χ0v) is 13.7. The highest BCUT2D eigenvalue weighted by Crippen LogP contribution is 2.39. The summed E-state index contributed by atoms with van der Waals surface area (Å²) in [7, 11) is -1.16. The Morgan fingerprint density at radius 2 is 1.54 bits per heavy atom. The molecular weight excluding hydrogens is 321 g/mol. The monoisotopic (exact) mass is 337 g/mol. The third-order valence-corrected chi connectivity index (χ3v) is 5.98. The standard InChI is InChI=1S/C18H16N3O2P/c22-18(23)17(21-16-13-19-11-12-20-16)24(14-7-3-1-4-8-14)15-9-5-2-6-10-15/h1-13,17H,(H,20,21)(H,22,23). The average Bonchev–Trinajstić information content (AvgIpc) is 2.64. The Balaban J connectivity index is 2.03. The largest absolute Gasteiger partial charge is 0.479 e. The van der Waals surface area contributed by atoms with Crippen LogP contribution in [-0.4, -0.2) is 26.8 Å². The van der Waals surface area contributed by atoms with E-state index in [1.807, 2.05) is 60.7 Å². The Kier molecular flexibility index (Phi) is 5.14. The first-order valence-electron chi connectivity index (χ1n) is 7.40. The van der Waals surface area contributed by atoms with Gasteiger partial charge in [0.25, 0.3) is 0 Å². The lowest BCUT2D eigenvalue weighted by atomic mass is 10.4. The number of hydrogen-bond donors (Lipinski definition) is 2. The van der Waals surface area contributed by atoms with Gasteiger partial charge in [0.2, 0.25) is 0 Å². The van der Waals surface area contributed by atoms with Crippen LogP contribution in [0, 0.1) is 0 Å². The van der Waals surface area contributed by atoms with Gasteiger partial charge in [-0.3, -0.25) is 4.98 Å². The highest BCUT2D eigenvalue weighted by molar-refractivity contribution is 7.74. The molecule has 0 spiro atoms. The first kappa shape index (κ1) is 16.1. The minimum Gasteiger partial charge on any atom is -0.479 e. The summed E-state index contributed by atoms with van der Waals surface area (Å²) in [5, 5.41) is 14.8. The number of aromatic nitrogens is 2. The van der Waals surface area contributed by atoms with Gasteiger partial charge in [-0.25, -0.2) is 9.78 Å². The van der Waals surface area contributed by atoms with Gasteiger partial charge in [0.15, 0.2) is 5.78 Å². The number of carbonyl (C=O) groups is 1. The van der Waals surface area contributed by atoms with E-state index < -0.39 is 19.7 Å². The summed E-state index contributed by atoms with van der Waals surface area (Å²) in [5.41, 5.74) is 0. The summed E-state index contributed by atoms with van der Waals surface area (Å²) in [6, 6.07) is 19.4. The predicted octanol–water partition coefficient (Wildman–Crippen LogP) is 2.43. The van der Waals surface area contributed by atoms with E-state index in [4.69, 9.17) is 0 Å². The molecule has 24 heavy (non-hydrogen) atoms. The first-order chi connectivity index (χ1) is 11.8. The number of carboxylic acid groups (broad SMARTS) is 1. The van der Waals surface area contributed by atoms with Crippen molar-refractivity contribution in [2.75, 3.05) is 5.32 Å². The molecule has 0 amide bonds. The first-order valence-corrected chi connectivity index (χ1v) is 8.81. The van der Waals surface area contributed by atoms with E-state index in [-0.39, 0.29) is 0 Å². The Bertz CT molecular complexity index is 746. The zero-order chi connectivity index (χ0) is 16.8. The molecule has 5 nitrogen and oxygen atoms in total. The van der Waals surface area contributed by atoms with Crippen molar-refractivity contribution in [3.05, 3.63) is 79.3 Å². The van der Waals surface area contributed by atoms with Gasteiger partial charge in [0.05, 0.1) is 6.20 Å². The molecule has 0 fully saturated rings. The minimum atomic E-state index is -1.16. The number of anilines is 1. The van der Waals surface area contributed by atoms with Crippen LogP contribution >= 0.6 is 7.92 Å². The summed E-state index contributed by atoms with van der Waals surface area (Å²) < 4.78 is 0. The molecular formula is C18H16N3O2P. The summed E-state index contributed by atoms with van der Waals surface area (Å²) in [4.78, 5) is 20.1. The third kappa shape index (κ3) is 3.76. The van der Waals surface area contributed by atoms with E-state index in [2.05, 4.69) is 15.3 Å². The van der Waals surface area contributed by atoms with Crippen molar-refractivity contribution >= 4 is 30.3 Å². The molecule has 120 valence electrons. The zero-order valence-electron chi connectivity index (χ0n) is 12.8. The van der Waals surface area contributed by atoms with Crippen molar-refractivity contribution in [3.8, 4) is 0 Å². The molecule has 3 rings (SSSR count). The average molecular weight is 337 g/mol. The molecule has 0 aliphatic carbocycles. The van der Waals surface area contributed by atoms with Gasteiger partial charge in [-0.15, -0.1) is 0 Å². The molecule has 1 heterocycles. The molecule has 0 aliphatic rings. The number of carboxylic acids is 1. The van der Waals surface area contributed by atoms with Crippen molar-refractivity contribution in [2.45, 2.75) is 5.78 Å². The normalized spacial score (nSPS) is 11.9. The van der Waals surface area contributed by atoms with Crippen molar-refractivity contribution in [2.24, 2.45) is 0 Å². The highest BCUT2D eigenvalue weighted by atomic mass is 31.1. The van der Waals surface area contributed by atoms with Gasteiger partial charge < -0.3 is 10.4 Å². The van der Waals surface area contributed by atoms with Gasteiger partial charge in [-0.05, 0) is 18.5 Å². The number of rotatable bonds is 6. The Morgan fingerprint density at radius 1 is 0.958 bits per heavy atom. The van der Waals surface area contributed by atoms with E-state index in [0.717, 1.165) is 10.6 Å². The van der Waals surface area contributed by atoms with E-state index in [9.17, 15) is 9.90 Å². The van der Waals surface area contributed by atoms with Gasteiger partial charge in [0.1, 0.15) is 5.82 Å². The van der Waals surface area contributed by atoms with Gasteiger partial charge in [-0.2, -0.15) is 0 Å².